The van der Waals surface area contributed by atoms with Crippen LogP contribution in [0.4, 0.5) is 4.39 Å². The highest BCUT2D eigenvalue weighted by Gasteiger charge is 2.15. The minimum Gasteiger partial charge on any atom is -0.344 e. The van der Waals surface area contributed by atoms with E-state index in [1.165, 1.54) is 44.5 Å². The van der Waals surface area contributed by atoms with Gasteiger partial charge in [-0.3, -0.25) is 4.90 Å². The van der Waals surface area contributed by atoms with Gasteiger partial charge in [0.1, 0.15) is 5.82 Å². The van der Waals surface area contributed by atoms with Gasteiger partial charge in [-0.05, 0) is 51.1 Å². The summed E-state index contributed by atoms with van der Waals surface area (Å²) >= 11 is 0. The molecule has 1 fully saturated rings. The number of aromatic nitrogens is 1. The summed E-state index contributed by atoms with van der Waals surface area (Å²) in [5, 5.41) is 0.763. The van der Waals surface area contributed by atoms with Gasteiger partial charge in [-0.15, -0.1) is 0 Å². The Morgan fingerprint density at radius 3 is 2.55 bits per heavy atom. The van der Waals surface area contributed by atoms with Gasteiger partial charge in [0.15, 0.2) is 0 Å². The number of likely N-dealkylation sites (tertiary alicyclic amines) is 1. The summed E-state index contributed by atoms with van der Waals surface area (Å²) in [5.41, 5.74) is 2.27. The van der Waals surface area contributed by atoms with E-state index in [0.29, 0.717) is 0 Å². The van der Waals surface area contributed by atoms with Crippen LogP contribution in [-0.4, -0.2) is 22.6 Å². The fourth-order valence-electron chi connectivity index (χ4n) is 3.33. The maximum absolute atomic E-state index is 13.9. The molecule has 1 aromatic heterocycles. The Kier molecular flexibility index (Phi) is 4.06. The smallest absolute Gasteiger partial charge is 0.132 e. The van der Waals surface area contributed by atoms with Crippen molar-refractivity contribution in [2.75, 3.05) is 13.1 Å². The number of rotatable bonds is 3. The number of aryl methyl sites for hydroxylation is 1. The van der Waals surface area contributed by atoms with Crippen molar-refractivity contribution in [2.45, 2.75) is 45.7 Å². The Hall–Kier alpha value is -1.35. The second-order valence-corrected chi connectivity index (χ2v) is 5.74. The van der Waals surface area contributed by atoms with Gasteiger partial charge < -0.3 is 4.57 Å². The molecule has 20 heavy (non-hydrogen) atoms. The van der Waals surface area contributed by atoms with E-state index in [4.69, 9.17) is 0 Å². The molecule has 0 amide bonds. The Morgan fingerprint density at radius 1 is 1.10 bits per heavy atom. The molecule has 0 saturated carbocycles. The molecule has 2 heterocycles. The predicted octanol–water partition coefficient (Wildman–Crippen LogP) is 4.18. The highest BCUT2D eigenvalue weighted by molar-refractivity contribution is 5.82. The first-order chi connectivity index (χ1) is 9.79. The normalized spacial score (nSPS) is 17.5. The highest BCUT2D eigenvalue weighted by Crippen LogP contribution is 2.24. The summed E-state index contributed by atoms with van der Waals surface area (Å²) < 4.78 is 16.2. The molecule has 3 rings (SSSR count). The molecular weight excluding hydrogens is 251 g/mol. The van der Waals surface area contributed by atoms with Crippen molar-refractivity contribution in [1.29, 1.82) is 0 Å². The van der Waals surface area contributed by atoms with E-state index in [-0.39, 0.29) is 5.82 Å². The second kappa shape index (κ2) is 5.96. The lowest BCUT2D eigenvalue weighted by molar-refractivity contribution is 0.270. The predicted molar refractivity (Wildman–Crippen MR) is 81.3 cm³/mol. The lowest BCUT2D eigenvalue weighted by Gasteiger charge is -2.20. The number of fused-ring (bicyclic) bond motifs is 1. The van der Waals surface area contributed by atoms with Crippen molar-refractivity contribution in [3.8, 4) is 0 Å². The van der Waals surface area contributed by atoms with Crippen LogP contribution < -0.4 is 0 Å². The molecule has 1 aliphatic heterocycles. The van der Waals surface area contributed by atoms with Crippen molar-refractivity contribution >= 4 is 10.9 Å². The summed E-state index contributed by atoms with van der Waals surface area (Å²) in [6, 6.07) is 7.42. The molecule has 1 aliphatic rings. The zero-order valence-corrected chi connectivity index (χ0v) is 12.2. The van der Waals surface area contributed by atoms with E-state index >= 15 is 0 Å². The summed E-state index contributed by atoms with van der Waals surface area (Å²) in [7, 11) is 0. The molecule has 0 N–H and O–H groups in total. The summed E-state index contributed by atoms with van der Waals surface area (Å²) in [6.07, 6.45) is 5.28. The van der Waals surface area contributed by atoms with E-state index in [1.807, 2.05) is 12.1 Å². The number of hydrogen-bond donors (Lipinski definition) is 0. The van der Waals surface area contributed by atoms with Gasteiger partial charge in [0.25, 0.3) is 0 Å². The number of benzene rings is 1. The summed E-state index contributed by atoms with van der Waals surface area (Å²) in [6.45, 7) is 6.33. The molecule has 0 radical (unpaired) electrons. The third kappa shape index (κ3) is 2.59. The molecule has 0 atom stereocenters. The minimum atomic E-state index is -0.105. The van der Waals surface area contributed by atoms with E-state index in [2.05, 4.69) is 16.4 Å². The van der Waals surface area contributed by atoms with Crippen molar-refractivity contribution in [3.63, 3.8) is 0 Å². The van der Waals surface area contributed by atoms with Crippen LogP contribution in [0.2, 0.25) is 0 Å². The molecule has 0 spiro atoms. The topological polar surface area (TPSA) is 8.17 Å². The van der Waals surface area contributed by atoms with Crippen molar-refractivity contribution in [1.82, 2.24) is 9.47 Å². The molecule has 1 saturated heterocycles. The zero-order chi connectivity index (χ0) is 13.9. The van der Waals surface area contributed by atoms with Gasteiger partial charge in [0.2, 0.25) is 0 Å². The highest BCUT2D eigenvalue weighted by atomic mass is 19.1. The maximum Gasteiger partial charge on any atom is 0.132 e. The van der Waals surface area contributed by atoms with Gasteiger partial charge in [0.05, 0.1) is 5.52 Å². The van der Waals surface area contributed by atoms with Crippen LogP contribution in [0.5, 0.6) is 0 Å². The van der Waals surface area contributed by atoms with Crippen LogP contribution in [0.15, 0.2) is 24.3 Å². The average molecular weight is 274 g/mol. The van der Waals surface area contributed by atoms with Gasteiger partial charge in [-0.1, -0.05) is 18.9 Å². The van der Waals surface area contributed by atoms with Crippen LogP contribution in [0.25, 0.3) is 10.9 Å². The number of halogens is 1. The summed E-state index contributed by atoms with van der Waals surface area (Å²) in [4.78, 5) is 2.52. The van der Waals surface area contributed by atoms with Crippen molar-refractivity contribution < 1.29 is 4.39 Å². The van der Waals surface area contributed by atoms with Crippen LogP contribution >= 0.6 is 0 Å². The van der Waals surface area contributed by atoms with Gasteiger partial charge >= 0.3 is 0 Å². The first-order valence-corrected chi connectivity index (χ1v) is 7.78. The Labute approximate surface area is 120 Å². The fourth-order valence-corrected chi connectivity index (χ4v) is 3.33. The second-order valence-electron chi connectivity index (χ2n) is 5.74. The average Bonchev–Trinajstić information content (AvgIpc) is 2.62. The zero-order valence-electron chi connectivity index (χ0n) is 12.2. The monoisotopic (exact) mass is 274 g/mol. The van der Waals surface area contributed by atoms with Crippen LogP contribution in [0.3, 0.4) is 0 Å². The lowest BCUT2D eigenvalue weighted by Crippen LogP contribution is -2.25. The van der Waals surface area contributed by atoms with Gasteiger partial charge in [0, 0.05) is 24.2 Å². The quantitative estimate of drug-likeness (QED) is 0.815. The molecule has 0 bridgehead atoms. The van der Waals surface area contributed by atoms with Crippen molar-refractivity contribution in [3.05, 3.63) is 35.8 Å². The first kappa shape index (κ1) is 13.6. The van der Waals surface area contributed by atoms with E-state index in [1.54, 1.807) is 12.1 Å². The molecule has 1 aromatic carbocycles. The van der Waals surface area contributed by atoms with Crippen LogP contribution in [-0.2, 0) is 13.1 Å². The first-order valence-electron chi connectivity index (χ1n) is 7.78. The molecule has 0 aliphatic carbocycles. The number of nitrogens with zero attached hydrogens (tertiary/aromatic N) is 2. The molecule has 2 nitrogen and oxygen atoms in total. The molecular formula is C17H23FN2. The summed E-state index contributed by atoms with van der Waals surface area (Å²) in [5.74, 6) is -0.105. The molecule has 108 valence electrons. The van der Waals surface area contributed by atoms with Crippen molar-refractivity contribution in [2.24, 2.45) is 0 Å². The fraction of sp³-hybridized carbons (Fsp3) is 0.529. The van der Waals surface area contributed by atoms with E-state index < -0.39 is 0 Å². The molecule has 2 aromatic rings. The molecule has 0 unspecified atom stereocenters. The third-order valence-electron chi connectivity index (χ3n) is 4.38. The number of hydrogen-bond acceptors (Lipinski definition) is 1. The minimum absolute atomic E-state index is 0.105. The van der Waals surface area contributed by atoms with E-state index in [0.717, 1.165) is 24.0 Å². The Balaban J connectivity index is 1.92. The largest absolute Gasteiger partial charge is 0.344 e. The Bertz CT molecular complexity index is 580. The molecule has 3 heteroatoms. The van der Waals surface area contributed by atoms with Crippen LogP contribution in [0, 0.1) is 5.82 Å². The standard InChI is InChI=1S/C17H23FN2/c1-2-20-14(13-19-10-5-3-4-6-11-19)12-15-16(18)8-7-9-17(15)20/h7-9,12H,2-6,10-11,13H2,1H3. The SMILES string of the molecule is CCn1c(CN2CCCCCC2)cc2c(F)cccc21. The van der Waals surface area contributed by atoms with Gasteiger partial charge in [-0.25, -0.2) is 4.39 Å². The van der Waals surface area contributed by atoms with Crippen LogP contribution in [0.1, 0.15) is 38.3 Å². The van der Waals surface area contributed by atoms with E-state index in [9.17, 15) is 4.39 Å². The third-order valence-corrected chi connectivity index (χ3v) is 4.38. The Morgan fingerprint density at radius 2 is 1.85 bits per heavy atom. The maximum atomic E-state index is 13.9. The van der Waals surface area contributed by atoms with Gasteiger partial charge in [-0.2, -0.15) is 0 Å². The lowest BCUT2D eigenvalue weighted by atomic mass is 10.2.